The largest absolute Gasteiger partial charge is 0.548 e. The van der Waals surface area contributed by atoms with Crippen LogP contribution in [0, 0.1) is 5.92 Å². The van der Waals surface area contributed by atoms with Gasteiger partial charge in [-0.05, 0) is 17.7 Å². The highest BCUT2D eigenvalue weighted by molar-refractivity contribution is 7.99. The molecule has 1 aliphatic rings. The third-order valence-electron chi connectivity index (χ3n) is 3.71. The minimum absolute atomic E-state index is 0.205. The summed E-state index contributed by atoms with van der Waals surface area (Å²) in [5, 5.41) is 11.0. The molecule has 1 saturated heterocycles. The van der Waals surface area contributed by atoms with Crippen LogP contribution in [-0.4, -0.2) is 42.8 Å². The number of hydrogen-bond donors (Lipinski definition) is 0. The molecule has 0 aliphatic carbocycles. The third-order valence-corrected chi connectivity index (χ3v) is 5.04. The second-order valence-electron chi connectivity index (χ2n) is 5.54. The number of rotatable bonds is 5. The van der Waals surface area contributed by atoms with Crippen LogP contribution in [0.3, 0.4) is 0 Å². The van der Waals surface area contributed by atoms with Gasteiger partial charge in [0, 0.05) is 11.7 Å². The van der Waals surface area contributed by atoms with E-state index in [0.717, 1.165) is 5.56 Å². The van der Waals surface area contributed by atoms with E-state index in [2.05, 4.69) is 0 Å². The van der Waals surface area contributed by atoms with E-state index in [1.165, 1.54) is 23.8 Å². The van der Waals surface area contributed by atoms with Gasteiger partial charge < -0.3 is 24.3 Å². The Labute approximate surface area is 139 Å². The van der Waals surface area contributed by atoms with Gasteiger partial charge in [0.1, 0.15) is 5.37 Å². The number of carbonyl (C=O) groups is 2. The Morgan fingerprint density at radius 3 is 2.43 bits per heavy atom. The van der Waals surface area contributed by atoms with E-state index in [9.17, 15) is 14.7 Å². The maximum atomic E-state index is 12.5. The first-order valence-electron chi connectivity index (χ1n) is 7.27. The summed E-state index contributed by atoms with van der Waals surface area (Å²) in [6, 6.07) is 4.42. The van der Waals surface area contributed by atoms with Crippen LogP contribution < -0.4 is 14.6 Å². The second-order valence-corrected chi connectivity index (χ2v) is 6.65. The zero-order chi connectivity index (χ0) is 17.1. The van der Waals surface area contributed by atoms with E-state index >= 15 is 0 Å². The van der Waals surface area contributed by atoms with Crippen molar-refractivity contribution >= 4 is 23.6 Å². The lowest BCUT2D eigenvalue weighted by Gasteiger charge is -2.31. The molecule has 2 atom stereocenters. The number of carboxylic acids is 1. The van der Waals surface area contributed by atoms with Gasteiger partial charge in [0.15, 0.2) is 11.5 Å². The number of ether oxygens (including phenoxy) is 2. The van der Waals surface area contributed by atoms with Crippen molar-refractivity contribution in [2.45, 2.75) is 25.3 Å². The molecule has 0 N–H and O–H groups in total. The first-order chi connectivity index (χ1) is 10.9. The van der Waals surface area contributed by atoms with E-state index in [4.69, 9.17) is 9.47 Å². The van der Waals surface area contributed by atoms with Crippen LogP contribution in [0.1, 0.15) is 24.8 Å². The molecule has 0 radical (unpaired) electrons. The van der Waals surface area contributed by atoms with Gasteiger partial charge >= 0.3 is 0 Å². The highest BCUT2D eigenvalue weighted by Gasteiger charge is 2.40. The van der Waals surface area contributed by atoms with Crippen LogP contribution in [0.25, 0.3) is 0 Å². The van der Waals surface area contributed by atoms with E-state index < -0.39 is 12.0 Å². The van der Waals surface area contributed by atoms with E-state index in [1.54, 1.807) is 33.1 Å². The summed E-state index contributed by atoms with van der Waals surface area (Å²) in [7, 11) is 3.08. The quantitative estimate of drug-likeness (QED) is 0.798. The highest BCUT2D eigenvalue weighted by Crippen LogP contribution is 2.44. The molecule has 0 spiro atoms. The lowest BCUT2D eigenvalue weighted by atomic mass is 10.1. The van der Waals surface area contributed by atoms with Crippen molar-refractivity contribution in [3.8, 4) is 11.5 Å². The minimum atomic E-state index is -1.23. The number of carbonyl (C=O) groups excluding carboxylic acids is 2. The lowest BCUT2D eigenvalue weighted by Crippen LogP contribution is -2.50. The zero-order valence-corrected chi connectivity index (χ0v) is 14.4. The Kier molecular flexibility index (Phi) is 5.41. The molecule has 0 aromatic heterocycles. The van der Waals surface area contributed by atoms with Crippen LogP contribution >= 0.6 is 11.8 Å². The summed E-state index contributed by atoms with van der Waals surface area (Å²) in [6.07, 6.45) is 0. The van der Waals surface area contributed by atoms with Gasteiger partial charge in [0.25, 0.3) is 0 Å². The molecule has 0 unspecified atom stereocenters. The molecule has 1 aromatic rings. The molecule has 1 fully saturated rings. The number of aliphatic carboxylic acids is 1. The van der Waals surface area contributed by atoms with Crippen LogP contribution in [0.5, 0.6) is 11.5 Å². The first kappa shape index (κ1) is 17.5. The summed E-state index contributed by atoms with van der Waals surface area (Å²) in [5.41, 5.74) is 0.797. The third kappa shape index (κ3) is 3.39. The molecule has 1 heterocycles. The number of hydrogen-bond acceptors (Lipinski definition) is 6. The topological polar surface area (TPSA) is 78.9 Å². The Morgan fingerprint density at radius 2 is 1.91 bits per heavy atom. The molecular weight excluding hydrogens is 318 g/mol. The number of methoxy groups -OCH3 is 2. The summed E-state index contributed by atoms with van der Waals surface area (Å²) in [5.74, 6) is -0.298. The van der Waals surface area contributed by atoms with Crippen LogP contribution in [0.4, 0.5) is 0 Å². The fourth-order valence-electron chi connectivity index (χ4n) is 2.52. The number of nitrogens with zero attached hydrogens (tertiary/aromatic N) is 1. The highest BCUT2D eigenvalue weighted by atomic mass is 32.2. The van der Waals surface area contributed by atoms with Crippen molar-refractivity contribution < 1.29 is 24.2 Å². The second kappa shape index (κ2) is 7.12. The fraction of sp³-hybridized carbons (Fsp3) is 0.500. The van der Waals surface area contributed by atoms with Gasteiger partial charge in [-0.3, -0.25) is 4.79 Å². The monoisotopic (exact) mass is 338 g/mol. The fourth-order valence-corrected chi connectivity index (χ4v) is 3.93. The van der Waals surface area contributed by atoms with Gasteiger partial charge in [-0.15, -0.1) is 11.8 Å². The van der Waals surface area contributed by atoms with Crippen molar-refractivity contribution in [2.75, 3.05) is 20.0 Å². The predicted molar refractivity (Wildman–Crippen MR) is 85.2 cm³/mol. The molecule has 0 saturated carbocycles. The zero-order valence-electron chi connectivity index (χ0n) is 13.6. The van der Waals surface area contributed by atoms with Crippen LogP contribution in [-0.2, 0) is 9.59 Å². The molecule has 6 nitrogen and oxygen atoms in total. The average Bonchev–Trinajstić information content (AvgIpc) is 2.98. The predicted octanol–water partition coefficient (Wildman–Crippen LogP) is 1.05. The molecule has 1 aromatic carbocycles. The number of benzene rings is 1. The SMILES string of the molecule is COc1ccc([C@@H]2SC[C@@H](C(=O)[O-])N2C(=O)C(C)C)cc1OC. The van der Waals surface area contributed by atoms with Gasteiger partial charge in [-0.25, -0.2) is 0 Å². The van der Waals surface area contributed by atoms with E-state index in [1.807, 2.05) is 6.07 Å². The molecule has 126 valence electrons. The molecule has 2 rings (SSSR count). The van der Waals surface area contributed by atoms with Crippen molar-refractivity contribution in [1.29, 1.82) is 0 Å². The molecule has 0 bridgehead atoms. The summed E-state index contributed by atoms with van der Waals surface area (Å²) in [6.45, 7) is 3.51. The van der Waals surface area contributed by atoms with Crippen molar-refractivity contribution in [1.82, 2.24) is 4.90 Å². The molecule has 7 heteroatoms. The van der Waals surface area contributed by atoms with Gasteiger partial charge in [-0.2, -0.15) is 0 Å². The van der Waals surface area contributed by atoms with Crippen molar-refractivity contribution in [2.24, 2.45) is 5.92 Å². The standard InChI is InChI=1S/C16H21NO5S/c1-9(2)14(18)17-11(16(19)20)8-23-15(17)10-5-6-12(21-3)13(7-10)22-4/h5-7,9,11,15H,8H2,1-4H3,(H,19,20)/p-1/t11-,15-/m0/s1. The minimum Gasteiger partial charge on any atom is -0.548 e. The average molecular weight is 338 g/mol. The van der Waals surface area contributed by atoms with Crippen LogP contribution in [0.2, 0.25) is 0 Å². The van der Waals surface area contributed by atoms with Crippen LogP contribution in [0.15, 0.2) is 18.2 Å². The molecular formula is C16H20NO5S-. The Hall–Kier alpha value is -1.89. The Bertz CT molecular complexity index is 604. The number of thioether (sulfide) groups is 1. The normalized spacial score (nSPS) is 20.7. The molecule has 1 aliphatic heterocycles. The van der Waals surface area contributed by atoms with Gasteiger partial charge in [0.2, 0.25) is 5.91 Å². The lowest BCUT2D eigenvalue weighted by molar-refractivity contribution is -0.310. The van der Waals surface area contributed by atoms with Crippen molar-refractivity contribution in [3.05, 3.63) is 23.8 Å². The van der Waals surface area contributed by atoms with Crippen molar-refractivity contribution in [3.63, 3.8) is 0 Å². The summed E-state index contributed by atoms with van der Waals surface area (Å²) >= 11 is 1.41. The first-order valence-corrected chi connectivity index (χ1v) is 8.32. The summed E-state index contributed by atoms with van der Waals surface area (Å²) < 4.78 is 10.5. The Morgan fingerprint density at radius 1 is 1.26 bits per heavy atom. The maximum Gasteiger partial charge on any atom is 0.226 e. The molecule has 1 amide bonds. The van der Waals surface area contributed by atoms with Gasteiger partial charge in [-0.1, -0.05) is 19.9 Å². The van der Waals surface area contributed by atoms with E-state index in [0.29, 0.717) is 17.3 Å². The maximum absolute atomic E-state index is 12.5. The van der Waals surface area contributed by atoms with E-state index in [-0.39, 0.29) is 17.2 Å². The number of amides is 1. The smallest absolute Gasteiger partial charge is 0.226 e. The van der Waals surface area contributed by atoms with Gasteiger partial charge in [0.05, 0.1) is 26.2 Å². The molecule has 23 heavy (non-hydrogen) atoms. The Balaban J connectivity index is 2.40. The number of carboxylic acid groups (broad SMARTS) is 1. The summed E-state index contributed by atoms with van der Waals surface area (Å²) in [4.78, 5) is 25.3.